The van der Waals surface area contributed by atoms with Crippen molar-refractivity contribution in [2.24, 2.45) is 0 Å². The van der Waals surface area contributed by atoms with Gasteiger partial charge in [-0.25, -0.2) is 4.98 Å². The lowest BCUT2D eigenvalue weighted by atomic mass is 10.1. The molecular weight excluding hydrogens is 372 g/mol. The number of thiazole rings is 1. The molecule has 5 rings (SSSR count). The number of benzene rings is 1. The van der Waals surface area contributed by atoms with Gasteiger partial charge in [0.15, 0.2) is 5.65 Å². The van der Waals surface area contributed by atoms with E-state index in [2.05, 4.69) is 33.3 Å². The van der Waals surface area contributed by atoms with Crippen molar-refractivity contribution in [2.45, 2.75) is 25.4 Å². The minimum Gasteiger partial charge on any atom is -0.464 e. The van der Waals surface area contributed by atoms with Crippen molar-refractivity contribution in [3.63, 3.8) is 0 Å². The van der Waals surface area contributed by atoms with Gasteiger partial charge in [0.25, 0.3) is 5.19 Å². The number of fused-ring (bicyclic) bond motifs is 2. The predicted molar refractivity (Wildman–Crippen MR) is 111 cm³/mol. The Bertz CT molecular complexity index is 1070. The summed E-state index contributed by atoms with van der Waals surface area (Å²) in [6.07, 6.45) is 6.13. The number of nitrogens with one attached hydrogen (secondary N) is 1. The van der Waals surface area contributed by atoms with Crippen LogP contribution in [-0.2, 0) is 6.54 Å². The Morgan fingerprint density at radius 3 is 3.18 bits per heavy atom. The van der Waals surface area contributed by atoms with Gasteiger partial charge in [-0.05, 0) is 50.7 Å². The van der Waals surface area contributed by atoms with Gasteiger partial charge in [-0.2, -0.15) is 4.98 Å². The summed E-state index contributed by atoms with van der Waals surface area (Å²) in [5.74, 6) is 0.718. The van der Waals surface area contributed by atoms with Crippen LogP contribution in [0.4, 0.5) is 0 Å². The van der Waals surface area contributed by atoms with Gasteiger partial charge in [-0.1, -0.05) is 11.3 Å². The van der Waals surface area contributed by atoms with Crippen LogP contribution in [0.1, 0.15) is 18.4 Å². The van der Waals surface area contributed by atoms with E-state index in [-0.39, 0.29) is 0 Å². The molecule has 1 aliphatic rings. The molecule has 1 aliphatic heterocycles. The van der Waals surface area contributed by atoms with Crippen LogP contribution < -0.4 is 10.1 Å². The number of hydrogen-bond acceptors (Lipinski definition) is 7. The summed E-state index contributed by atoms with van der Waals surface area (Å²) >= 11 is 1.49. The molecule has 0 aliphatic carbocycles. The smallest absolute Gasteiger partial charge is 0.281 e. The molecule has 1 N–H and O–H groups in total. The SMILES string of the molecule is CN(Cc1coc2cc(Oc3nc4ncccc4s3)ccc12)CC1CCCN1. The standard InChI is InChI=1S/C21H22N4O2S/c1-25(12-15-4-2-8-22-15)11-14-13-26-18-10-16(6-7-17(14)18)27-21-24-20-19(28-21)5-3-9-23-20/h3,5-7,9-10,13,15,22H,2,4,8,11-12H2,1H3. The Morgan fingerprint density at radius 1 is 1.36 bits per heavy atom. The van der Waals surface area contributed by atoms with Crippen LogP contribution in [0.25, 0.3) is 21.3 Å². The minimum absolute atomic E-state index is 0.587. The largest absolute Gasteiger partial charge is 0.464 e. The summed E-state index contributed by atoms with van der Waals surface area (Å²) in [5.41, 5.74) is 2.74. The van der Waals surface area contributed by atoms with Crippen molar-refractivity contribution in [3.05, 3.63) is 48.4 Å². The fraction of sp³-hybridized carbons (Fsp3) is 0.333. The van der Waals surface area contributed by atoms with E-state index in [1.165, 1.54) is 29.7 Å². The Balaban J connectivity index is 1.31. The highest BCUT2D eigenvalue weighted by Gasteiger charge is 2.17. The molecular formula is C21H22N4O2S. The van der Waals surface area contributed by atoms with E-state index >= 15 is 0 Å². The molecule has 1 aromatic carbocycles. The maximum atomic E-state index is 5.94. The Kier molecular flexibility index (Phi) is 4.72. The van der Waals surface area contributed by atoms with E-state index < -0.39 is 0 Å². The summed E-state index contributed by atoms with van der Waals surface area (Å²) in [6, 6.07) is 10.5. The van der Waals surface area contributed by atoms with Crippen LogP contribution in [0.5, 0.6) is 10.9 Å². The van der Waals surface area contributed by atoms with Crippen LogP contribution in [-0.4, -0.2) is 41.0 Å². The molecule has 28 heavy (non-hydrogen) atoms. The molecule has 3 aromatic heterocycles. The first-order valence-corrected chi connectivity index (χ1v) is 10.4. The second kappa shape index (κ2) is 7.50. The van der Waals surface area contributed by atoms with Crippen LogP contribution in [0.3, 0.4) is 0 Å². The molecule has 0 amide bonds. The maximum Gasteiger partial charge on any atom is 0.281 e. The molecule has 1 unspecified atom stereocenters. The zero-order chi connectivity index (χ0) is 18.9. The summed E-state index contributed by atoms with van der Waals surface area (Å²) in [5, 5.41) is 5.27. The average molecular weight is 395 g/mol. The van der Waals surface area contributed by atoms with Gasteiger partial charge < -0.3 is 19.4 Å². The van der Waals surface area contributed by atoms with Gasteiger partial charge in [0.2, 0.25) is 0 Å². The van der Waals surface area contributed by atoms with Crippen LogP contribution >= 0.6 is 11.3 Å². The van der Waals surface area contributed by atoms with Crippen molar-refractivity contribution in [1.29, 1.82) is 0 Å². The zero-order valence-corrected chi connectivity index (χ0v) is 16.5. The third-order valence-electron chi connectivity index (χ3n) is 5.11. The Hall–Kier alpha value is -2.48. The lowest BCUT2D eigenvalue weighted by Crippen LogP contribution is -2.34. The molecule has 4 heterocycles. The van der Waals surface area contributed by atoms with E-state index in [0.29, 0.717) is 16.9 Å². The van der Waals surface area contributed by atoms with Crippen molar-refractivity contribution >= 4 is 32.7 Å². The zero-order valence-electron chi connectivity index (χ0n) is 15.7. The first kappa shape index (κ1) is 17.6. The number of likely N-dealkylation sites (N-methyl/N-ethyl adjacent to an activating group) is 1. The highest BCUT2D eigenvalue weighted by molar-refractivity contribution is 7.20. The average Bonchev–Trinajstić information content (AvgIpc) is 3.41. The van der Waals surface area contributed by atoms with Crippen molar-refractivity contribution in [2.75, 3.05) is 20.1 Å². The lowest BCUT2D eigenvalue weighted by molar-refractivity contribution is 0.293. The summed E-state index contributed by atoms with van der Waals surface area (Å²) < 4.78 is 12.8. The number of rotatable bonds is 6. The predicted octanol–water partition coefficient (Wildman–Crippen LogP) is 4.41. The van der Waals surface area contributed by atoms with Gasteiger partial charge in [0.1, 0.15) is 11.3 Å². The van der Waals surface area contributed by atoms with Gasteiger partial charge in [-0.3, -0.25) is 0 Å². The van der Waals surface area contributed by atoms with E-state index in [9.17, 15) is 0 Å². The molecule has 1 saturated heterocycles. The Labute approximate surface area is 167 Å². The number of nitrogens with zero attached hydrogens (tertiary/aromatic N) is 3. The molecule has 4 aromatic rings. The molecule has 144 valence electrons. The second-order valence-electron chi connectivity index (χ2n) is 7.32. The summed E-state index contributed by atoms with van der Waals surface area (Å²) in [6.45, 7) is 3.06. The quantitative estimate of drug-likeness (QED) is 0.522. The molecule has 1 atom stereocenters. The van der Waals surface area contributed by atoms with Crippen LogP contribution in [0.2, 0.25) is 0 Å². The lowest BCUT2D eigenvalue weighted by Gasteiger charge is -2.20. The van der Waals surface area contributed by atoms with Gasteiger partial charge in [0, 0.05) is 42.3 Å². The number of pyridine rings is 1. The van der Waals surface area contributed by atoms with Crippen LogP contribution in [0.15, 0.2) is 47.2 Å². The number of ether oxygens (including phenoxy) is 1. The maximum absolute atomic E-state index is 5.94. The highest BCUT2D eigenvalue weighted by atomic mass is 32.1. The molecule has 7 heteroatoms. The normalized spacial score (nSPS) is 17.1. The summed E-state index contributed by atoms with van der Waals surface area (Å²) in [4.78, 5) is 11.0. The minimum atomic E-state index is 0.587. The van der Waals surface area contributed by atoms with E-state index in [1.54, 1.807) is 6.20 Å². The molecule has 6 nitrogen and oxygen atoms in total. The number of furan rings is 1. The first-order chi connectivity index (χ1) is 13.7. The van der Waals surface area contributed by atoms with Crippen molar-refractivity contribution in [1.82, 2.24) is 20.2 Å². The first-order valence-electron chi connectivity index (χ1n) is 9.56. The molecule has 0 spiro atoms. The van der Waals surface area contributed by atoms with Gasteiger partial charge >= 0.3 is 0 Å². The van der Waals surface area contributed by atoms with E-state index in [1.807, 2.05) is 30.5 Å². The van der Waals surface area contributed by atoms with Crippen LogP contribution in [0, 0.1) is 0 Å². The number of aromatic nitrogens is 2. The molecule has 0 bridgehead atoms. The fourth-order valence-corrected chi connectivity index (χ4v) is 4.58. The van der Waals surface area contributed by atoms with Gasteiger partial charge in [0.05, 0.1) is 11.0 Å². The highest BCUT2D eigenvalue weighted by Crippen LogP contribution is 2.33. The Morgan fingerprint density at radius 2 is 2.32 bits per heavy atom. The monoisotopic (exact) mass is 394 g/mol. The molecule has 1 fully saturated rings. The topological polar surface area (TPSA) is 63.4 Å². The van der Waals surface area contributed by atoms with E-state index in [0.717, 1.165) is 41.1 Å². The third-order valence-corrected chi connectivity index (χ3v) is 6.00. The molecule has 0 saturated carbocycles. The summed E-state index contributed by atoms with van der Waals surface area (Å²) in [7, 11) is 2.16. The third kappa shape index (κ3) is 3.61. The molecule has 0 radical (unpaired) electrons. The number of hydrogen-bond donors (Lipinski definition) is 1. The van der Waals surface area contributed by atoms with E-state index in [4.69, 9.17) is 9.15 Å². The fourth-order valence-electron chi connectivity index (χ4n) is 3.79. The second-order valence-corrected chi connectivity index (χ2v) is 8.31. The van der Waals surface area contributed by atoms with Crippen molar-refractivity contribution in [3.8, 4) is 10.9 Å². The van der Waals surface area contributed by atoms with Crippen molar-refractivity contribution < 1.29 is 9.15 Å². The van der Waals surface area contributed by atoms with Gasteiger partial charge in [-0.15, -0.1) is 0 Å².